The van der Waals surface area contributed by atoms with Crippen LogP contribution < -0.4 is 0 Å². The van der Waals surface area contributed by atoms with Gasteiger partial charge in [-0.25, -0.2) is 4.79 Å². The molecule has 0 amide bonds. The summed E-state index contributed by atoms with van der Waals surface area (Å²) in [5, 5.41) is 10.3. The minimum atomic E-state index is -0.884. The third-order valence-electron chi connectivity index (χ3n) is 9.63. The monoisotopic (exact) mass is 519 g/mol. The van der Waals surface area contributed by atoms with E-state index in [1.54, 1.807) is 12.1 Å². The summed E-state index contributed by atoms with van der Waals surface area (Å²) in [5.41, 5.74) is 7.08. The molecule has 0 aromatic heterocycles. The van der Waals surface area contributed by atoms with E-state index >= 15 is 0 Å². The van der Waals surface area contributed by atoms with Crippen molar-refractivity contribution in [1.29, 1.82) is 0 Å². The number of hydrogen-bond acceptors (Lipinski definition) is 2. The largest absolute Gasteiger partial charge is 0.478 e. The summed E-state index contributed by atoms with van der Waals surface area (Å²) in [7, 11) is 1.87. The van der Waals surface area contributed by atoms with Crippen LogP contribution >= 0.6 is 11.6 Å². The number of hydrogen-bond donors (Lipinski definition) is 1. The van der Waals surface area contributed by atoms with E-state index in [-0.39, 0.29) is 5.41 Å². The van der Waals surface area contributed by atoms with Crippen molar-refractivity contribution < 1.29 is 14.4 Å². The van der Waals surface area contributed by atoms with E-state index in [9.17, 15) is 9.90 Å². The predicted octanol–water partition coefficient (Wildman–Crippen LogP) is 7.58. The molecule has 196 valence electrons. The number of aromatic carboxylic acids is 1. The zero-order chi connectivity index (χ0) is 25.8. The van der Waals surface area contributed by atoms with E-state index in [1.165, 1.54) is 85.6 Å². The third-order valence-corrected chi connectivity index (χ3v) is 10.1. The van der Waals surface area contributed by atoms with Crippen molar-refractivity contribution in [2.75, 3.05) is 20.1 Å². The van der Waals surface area contributed by atoms with Gasteiger partial charge in [-0.05, 0) is 110 Å². The Labute approximate surface area is 226 Å². The molecule has 1 N–H and O–H groups in total. The van der Waals surface area contributed by atoms with Crippen molar-refractivity contribution in [1.82, 2.24) is 0 Å². The van der Waals surface area contributed by atoms with E-state index in [1.807, 2.05) is 19.2 Å². The molecule has 2 aromatic rings. The minimum Gasteiger partial charge on any atom is -0.478 e. The Morgan fingerprint density at radius 1 is 1.05 bits per heavy atom. The first-order valence-electron chi connectivity index (χ1n) is 14.3. The van der Waals surface area contributed by atoms with Crippen molar-refractivity contribution in [3.05, 3.63) is 69.2 Å². The average Bonchev–Trinajstić information content (AvgIpc) is 3.74. The lowest BCUT2D eigenvalue weighted by Crippen LogP contribution is -2.35. The number of carboxylic acids is 1. The molecule has 37 heavy (non-hydrogen) atoms. The molecule has 2 saturated heterocycles. The lowest BCUT2D eigenvalue weighted by molar-refractivity contribution is -0.829. The second-order valence-electron chi connectivity index (χ2n) is 12.8. The van der Waals surface area contributed by atoms with Crippen LogP contribution in [0.5, 0.6) is 0 Å². The first kappa shape index (κ1) is 25.1. The fourth-order valence-corrected chi connectivity index (χ4v) is 7.50. The van der Waals surface area contributed by atoms with Crippen molar-refractivity contribution in [2.45, 2.75) is 89.1 Å². The average molecular weight is 520 g/mol. The van der Waals surface area contributed by atoms with Gasteiger partial charge in [0.2, 0.25) is 0 Å². The fourth-order valence-electron chi connectivity index (χ4n) is 7.08. The number of rotatable bonds is 8. The number of aliphatic imine (C=N–C) groups is 1. The zero-order valence-corrected chi connectivity index (χ0v) is 23.1. The molecule has 0 radical (unpaired) electrons. The van der Waals surface area contributed by atoms with E-state index in [0.29, 0.717) is 17.4 Å². The van der Waals surface area contributed by atoms with Crippen molar-refractivity contribution in [2.24, 2.45) is 10.4 Å². The number of fused-ring (bicyclic) bond motifs is 1. The number of quaternary nitrogens is 1. The van der Waals surface area contributed by atoms with Gasteiger partial charge in [-0.3, -0.25) is 4.99 Å². The van der Waals surface area contributed by atoms with Gasteiger partial charge in [-0.2, -0.15) is 0 Å². The molecule has 6 rings (SSSR count). The third kappa shape index (κ3) is 5.25. The van der Waals surface area contributed by atoms with Gasteiger partial charge >= 0.3 is 5.97 Å². The van der Waals surface area contributed by atoms with E-state index in [2.05, 4.69) is 24.0 Å². The molecule has 4 nitrogen and oxygen atoms in total. The lowest BCUT2D eigenvalue weighted by atomic mass is 9.74. The topological polar surface area (TPSA) is 49.7 Å². The van der Waals surface area contributed by atoms with Gasteiger partial charge in [0.05, 0.1) is 12.1 Å². The molecule has 2 saturated carbocycles. The Bertz CT molecular complexity index is 1200. The maximum atomic E-state index is 11.3. The number of nitrogens with zero attached hydrogens (tertiary/aromatic N) is 2. The highest BCUT2D eigenvalue weighted by Crippen LogP contribution is 2.52. The smallest absolute Gasteiger partial charge is 0.335 e. The van der Waals surface area contributed by atoms with E-state index in [0.717, 1.165) is 35.3 Å². The lowest BCUT2D eigenvalue weighted by Gasteiger charge is -2.34. The Morgan fingerprint density at radius 2 is 1.68 bits per heavy atom. The van der Waals surface area contributed by atoms with Crippen molar-refractivity contribution in [3.8, 4) is 0 Å². The SMILES string of the molecule is CN=C(CC1(C)CCCC[N+]2(Cc3cc(C4CC4)c(Cl)c(C4CC4)c3)CC2C1)c1ccc(C(=O)O)cc1. The molecule has 2 aromatic carbocycles. The van der Waals surface area contributed by atoms with Gasteiger partial charge in [0.25, 0.3) is 0 Å². The maximum absolute atomic E-state index is 11.3. The quantitative estimate of drug-likeness (QED) is 0.222. The molecule has 5 heteroatoms. The summed E-state index contributed by atoms with van der Waals surface area (Å²) >= 11 is 6.92. The summed E-state index contributed by atoms with van der Waals surface area (Å²) in [6.07, 6.45) is 11.2. The minimum absolute atomic E-state index is 0.212. The van der Waals surface area contributed by atoms with E-state index < -0.39 is 5.97 Å². The van der Waals surface area contributed by atoms with Gasteiger partial charge in [0.1, 0.15) is 19.1 Å². The Hall–Kier alpha value is -2.17. The summed E-state index contributed by atoms with van der Waals surface area (Å²) in [6, 6.07) is 12.9. The van der Waals surface area contributed by atoms with Crippen molar-refractivity contribution in [3.63, 3.8) is 0 Å². The molecule has 2 aliphatic carbocycles. The van der Waals surface area contributed by atoms with Crippen LogP contribution in [0.4, 0.5) is 0 Å². The second kappa shape index (κ2) is 9.54. The molecule has 3 atom stereocenters. The van der Waals surface area contributed by atoms with Gasteiger partial charge in [-0.1, -0.05) is 30.7 Å². The predicted molar refractivity (Wildman–Crippen MR) is 150 cm³/mol. The molecule has 3 unspecified atom stereocenters. The molecule has 2 heterocycles. The second-order valence-corrected chi connectivity index (χ2v) is 13.2. The molecule has 4 fully saturated rings. The maximum Gasteiger partial charge on any atom is 0.335 e. The summed E-state index contributed by atoms with van der Waals surface area (Å²) in [5.74, 6) is 0.509. The van der Waals surface area contributed by atoms with Crippen molar-refractivity contribution >= 4 is 23.3 Å². The highest BCUT2D eigenvalue weighted by molar-refractivity contribution is 6.32. The Kier molecular flexibility index (Phi) is 6.48. The summed E-state index contributed by atoms with van der Waals surface area (Å²) < 4.78 is 1.25. The summed E-state index contributed by atoms with van der Waals surface area (Å²) in [6.45, 7) is 6.21. The van der Waals surface area contributed by atoms with Crippen LogP contribution in [-0.4, -0.2) is 47.4 Å². The van der Waals surface area contributed by atoms with Gasteiger partial charge in [0.15, 0.2) is 0 Å². The highest BCUT2D eigenvalue weighted by atomic mass is 35.5. The zero-order valence-electron chi connectivity index (χ0n) is 22.3. The summed E-state index contributed by atoms with van der Waals surface area (Å²) in [4.78, 5) is 16.0. The van der Waals surface area contributed by atoms with Crippen LogP contribution in [0.25, 0.3) is 0 Å². The van der Waals surface area contributed by atoms with Crippen LogP contribution in [0.3, 0.4) is 0 Å². The highest BCUT2D eigenvalue weighted by Gasteiger charge is 2.57. The van der Waals surface area contributed by atoms with E-state index in [4.69, 9.17) is 11.6 Å². The fraction of sp³-hybridized carbons (Fsp3) is 0.562. The number of carbonyl (C=O) groups is 1. The first-order valence-corrected chi connectivity index (χ1v) is 14.6. The van der Waals surface area contributed by atoms with Crippen LogP contribution in [0.2, 0.25) is 5.02 Å². The number of halogens is 1. The van der Waals surface area contributed by atoms with Gasteiger partial charge in [0, 0.05) is 29.8 Å². The Balaban J connectivity index is 1.19. The molecule has 0 spiro atoms. The van der Waals surface area contributed by atoms with Crippen LogP contribution in [-0.2, 0) is 6.54 Å². The molecule has 0 bridgehead atoms. The molecule has 4 aliphatic rings. The first-order chi connectivity index (χ1) is 17.8. The number of benzene rings is 2. The van der Waals surface area contributed by atoms with Gasteiger partial charge < -0.3 is 9.59 Å². The van der Waals surface area contributed by atoms with Gasteiger partial charge in [-0.15, -0.1) is 0 Å². The number of carboxylic acid groups (broad SMARTS) is 1. The molecular weight excluding hydrogens is 480 g/mol. The molecular formula is C32H40ClN2O2+. The standard InChI is InChI=1S/C32H39ClN2O2/c1-32(18-29(34-2)24-9-11-25(12-10-24)31(36)37)13-3-4-14-35(20-26(35)17-32)19-21-15-27(22-5-6-22)30(33)28(16-21)23-7-8-23/h9-12,15-16,22-23,26H,3-8,13-14,17-20H2,1-2H3/p+1. The van der Waals surface area contributed by atoms with Crippen LogP contribution in [0.15, 0.2) is 41.4 Å². The van der Waals surface area contributed by atoms with Crippen LogP contribution in [0, 0.1) is 5.41 Å². The Morgan fingerprint density at radius 3 is 2.24 bits per heavy atom. The van der Waals surface area contributed by atoms with Crippen LogP contribution in [0.1, 0.15) is 109 Å². The molecule has 2 aliphatic heterocycles. The normalized spacial score (nSPS) is 29.8.